The lowest BCUT2D eigenvalue weighted by atomic mass is 9.97. The summed E-state index contributed by atoms with van der Waals surface area (Å²) in [6.07, 6.45) is 7.83. The van der Waals surface area contributed by atoms with Gasteiger partial charge in [-0.15, -0.1) is 0 Å². The highest BCUT2D eigenvalue weighted by atomic mass is 16.5. The van der Waals surface area contributed by atoms with Gasteiger partial charge in [-0.2, -0.15) is 0 Å². The van der Waals surface area contributed by atoms with Crippen molar-refractivity contribution in [2.24, 2.45) is 0 Å². The highest BCUT2D eigenvalue weighted by molar-refractivity contribution is 5.38. The van der Waals surface area contributed by atoms with Crippen molar-refractivity contribution in [1.82, 2.24) is 0 Å². The molecule has 1 unspecified atom stereocenters. The largest absolute Gasteiger partial charge is 0.497 e. The van der Waals surface area contributed by atoms with E-state index in [1.54, 1.807) is 7.11 Å². The lowest BCUT2D eigenvalue weighted by Gasteiger charge is -2.11. The summed E-state index contributed by atoms with van der Waals surface area (Å²) in [5, 5.41) is 10.3. The molecule has 0 fully saturated rings. The van der Waals surface area contributed by atoms with Gasteiger partial charge < -0.3 is 9.84 Å². The molecule has 134 valence electrons. The van der Waals surface area contributed by atoms with Gasteiger partial charge in [0.05, 0.1) is 13.2 Å². The van der Waals surface area contributed by atoms with Gasteiger partial charge in [0.2, 0.25) is 0 Å². The van der Waals surface area contributed by atoms with Gasteiger partial charge in [0.25, 0.3) is 0 Å². The first-order valence-corrected chi connectivity index (χ1v) is 9.05. The maximum absolute atomic E-state index is 10.3. The maximum atomic E-state index is 10.3. The zero-order valence-corrected chi connectivity index (χ0v) is 15.9. The highest BCUT2D eigenvalue weighted by Gasteiger charge is 2.06. The molecule has 0 aliphatic rings. The summed E-state index contributed by atoms with van der Waals surface area (Å²) >= 11 is 0. The van der Waals surface area contributed by atoms with Crippen LogP contribution >= 0.6 is 0 Å². The topological polar surface area (TPSA) is 29.5 Å². The molecule has 0 amide bonds. The first-order valence-electron chi connectivity index (χ1n) is 9.05. The zero-order valence-electron chi connectivity index (χ0n) is 15.9. The number of hydrogen-bond donors (Lipinski definition) is 1. The van der Waals surface area contributed by atoms with Gasteiger partial charge in [0, 0.05) is 0 Å². The number of allylic oxidation sites excluding steroid dienone is 2. The second kappa shape index (κ2) is 9.43. The van der Waals surface area contributed by atoms with Crippen molar-refractivity contribution >= 4 is 0 Å². The van der Waals surface area contributed by atoms with Crippen LogP contribution in [0, 0.1) is 20.8 Å². The van der Waals surface area contributed by atoms with Crippen LogP contribution in [0.25, 0.3) is 0 Å². The van der Waals surface area contributed by atoms with Crippen LogP contribution in [0.15, 0.2) is 48.6 Å². The zero-order chi connectivity index (χ0) is 18.2. The molecule has 0 heterocycles. The third kappa shape index (κ3) is 5.75. The number of unbranched alkanes of at least 4 members (excludes halogenated alkanes) is 1. The third-order valence-corrected chi connectivity index (χ3v) is 4.68. The second-order valence-corrected chi connectivity index (χ2v) is 6.77. The average Bonchev–Trinajstić information content (AvgIpc) is 2.59. The molecule has 1 N–H and O–H groups in total. The Hall–Kier alpha value is -2.06. The molecule has 0 radical (unpaired) electrons. The molecule has 25 heavy (non-hydrogen) atoms. The molecule has 0 aromatic heterocycles. The highest BCUT2D eigenvalue weighted by Crippen LogP contribution is 2.22. The van der Waals surface area contributed by atoms with Crippen LogP contribution in [-0.2, 0) is 6.42 Å². The molecule has 0 aliphatic heterocycles. The number of aliphatic hydroxyl groups excluding tert-OH is 1. The van der Waals surface area contributed by atoms with Gasteiger partial charge in [-0.1, -0.05) is 42.0 Å². The van der Waals surface area contributed by atoms with Crippen LogP contribution in [0.4, 0.5) is 0 Å². The minimum atomic E-state index is -0.402. The van der Waals surface area contributed by atoms with Crippen LogP contribution in [0.3, 0.4) is 0 Å². The maximum Gasteiger partial charge on any atom is 0.118 e. The van der Waals surface area contributed by atoms with Crippen molar-refractivity contribution in [2.75, 3.05) is 7.11 Å². The van der Waals surface area contributed by atoms with Crippen molar-refractivity contribution in [3.05, 3.63) is 76.4 Å². The molecule has 1 atom stereocenters. The third-order valence-electron chi connectivity index (χ3n) is 4.68. The van der Waals surface area contributed by atoms with Crippen LogP contribution in [0.1, 0.15) is 53.2 Å². The summed E-state index contributed by atoms with van der Waals surface area (Å²) in [6, 6.07) is 12.2. The number of hydrogen-bond acceptors (Lipinski definition) is 2. The Bertz CT molecular complexity index is 676. The van der Waals surface area contributed by atoms with E-state index in [4.69, 9.17) is 4.74 Å². The molecule has 2 aromatic carbocycles. The summed E-state index contributed by atoms with van der Waals surface area (Å²) in [7, 11) is 1.65. The van der Waals surface area contributed by atoms with Crippen molar-refractivity contribution in [1.29, 1.82) is 0 Å². The SMILES string of the molecule is COc1ccc(C(O)CCC/C=C/Cc2c(C)cc(C)cc2C)cc1. The number of methoxy groups -OCH3 is 1. The van der Waals surface area contributed by atoms with Crippen molar-refractivity contribution in [2.45, 2.75) is 52.6 Å². The predicted molar refractivity (Wildman–Crippen MR) is 105 cm³/mol. The fourth-order valence-corrected chi connectivity index (χ4v) is 3.27. The molecule has 0 saturated heterocycles. The lowest BCUT2D eigenvalue weighted by molar-refractivity contribution is 0.165. The molecule has 0 bridgehead atoms. The summed E-state index contributed by atoms with van der Waals surface area (Å²) < 4.78 is 5.14. The van der Waals surface area contributed by atoms with Crippen LogP contribution in [0.5, 0.6) is 5.75 Å². The van der Waals surface area contributed by atoms with Gasteiger partial charge >= 0.3 is 0 Å². The van der Waals surface area contributed by atoms with E-state index >= 15 is 0 Å². The summed E-state index contributed by atoms with van der Waals surface area (Å²) in [5.41, 5.74) is 6.46. The summed E-state index contributed by atoms with van der Waals surface area (Å²) in [6.45, 7) is 6.52. The van der Waals surface area contributed by atoms with Gasteiger partial charge in [0.1, 0.15) is 5.75 Å². The van der Waals surface area contributed by atoms with E-state index in [1.165, 1.54) is 22.3 Å². The van der Waals surface area contributed by atoms with E-state index < -0.39 is 6.10 Å². The minimum absolute atomic E-state index is 0.402. The van der Waals surface area contributed by atoms with Crippen molar-refractivity contribution in [3.8, 4) is 5.75 Å². The number of benzene rings is 2. The van der Waals surface area contributed by atoms with E-state index in [9.17, 15) is 5.11 Å². The molecule has 2 nitrogen and oxygen atoms in total. The van der Waals surface area contributed by atoms with E-state index in [0.717, 1.165) is 37.0 Å². The molecular formula is C23H30O2. The first-order chi connectivity index (χ1) is 12.0. The number of ether oxygens (including phenoxy) is 1. The van der Waals surface area contributed by atoms with E-state index in [2.05, 4.69) is 45.1 Å². The molecule has 2 aromatic rings. The Labute approximate surface area is 152 Å². The molecule has 2 heteroatoms. The summed E-state index contributed by atoms with van der Waals surface area (Å²) in [4.78, 5) is 0. The lowest BCUT2D eigenvalue weighted by Crippen LogP contribution is -1.97. The van der Waals surface area contributed by atoms with Crippen LogP contribution in [-0.4, -0.2) is 12.2 Å². The van der Waals surface area contributed by atoms with Crippen LogP contribution < -0.4 is 4.74 Å². The smallest absolute Gasteiger partial charge is 0.118 e. The number of aliphatic hydroxyl groups is 1. The molecule has 0 spiro atoms. The Kier molecular flexibility index (Phi) is 7.27. The Morgan fingerprint density at radius 2 is 1.64 bits per heavy atom. The Balaban J connectivity index is 1.76. The quantitative estimate of drug-likeness (QED) is 0.500. The van der Waals surface area contributed by atoms with Gasteiger partial charge in [-0.3, -0.25) is 0 Å². The van der Waals surface area contributed by atoms with E-state index in [1.807, 2.05) is 24.3 Å². The minimum Gasteiger partial charge on any atom is -0.497 e. The normalized spacial score (nSPS) is 12.5. The fraction of sp³-hybridized carbons (Fsp3) is 0.391. The molecule has 0 saturated carbocycles. The molecule has 2 rings (SSSR count). The van der Waals surface area contributed by atoms with Gasteiger partial charge in [0.15, 0.2) is 0 Å². The summed E-state index contributed by atoms with van der Waals surface area (Å²) in [5.74, 6) is 0.820. The fourth-order valence-electron chi connectivity index (χ4n) is 3.27. The second-order valence-electron chi connectivity index (χ2n) is 6.77. The number of aryl methyl sites for hydroxylation is 3. The molecule has 0 aliphatic carbocycles. The molecular weight excluding hydrogens is 308 g/mol. The first kappa shape index (κ1) is 19.3. The Morgan fingerprint density at radius 3 is 2.24 bits per heavy atom. The average molecular weight is 338 g/mol. The number of rotatable bonds is 8. The Morgan fingerprint density at radius 1 is 1.00 bits per heavy atom. The van der Waals surface area contributed by atoms with E-state index in [-0.39, 0.29) is 0 Å². The van der Waals surface area contributed by atoms with Gasteiger partial charge in [-0.05, 0) is 80.8 Å². The van der Waals surface area contributed by atoms with Crippen molar-refractivity contribution < 1.29 is 9.84 Å². The standard InChI is InChI=1S/C23H30O2/c1-17-15-18(2)22(19(3)16-17)9-7-5-6-8-10-23(24)20-11-13-21(25-4)14-12-20/h5,7,11-16,23-24H,6,8-10H2,1-4H3/b7-5+. The van der Waals surface area contributed by atoms with Crippen LogP contribution in [0.2, 0.25) is 0 Å². The van der Waals surface area contributed by atoms with Crippen molar-refractivity contribution in [3.63, 3.8) is 0 Å². The predicted octanol–water partition coefficient (Wildman–Crippen LogP) is 5.62. The van der Waals surface area contributed by atoms with E-state index in [0.29, 0.717) is 0 Å². The van der Waals surface area contributed by atoms with Gasteiger partial charge in [-0.25, -0.2) is 0 Å². The monoisotopic (exact) mass is 338 g/mol.